The van der Waals surface area contributed by atoms with Crippen molar-refractivity contribution in [3.63, 3.8) is 0 Å². The minimum absolute atomic E-state index is 0. The van der Waals surface area contributed by atoms with Crippen LogP contribution in [0.15, 0.2) is 18.2 Å². The molecule has 0 spiro atoms. The van der Waals surface area contributed by atoms with Crippen LogP contribution in [0.2, 0.25) is 0 Å². The van der Waals surface area contributed by atoms with Crippen LogP contribution in [-0.4, -0.2) is 31.4 Å². The summed E-state index contributed by atoms with van der Waals surface area (Å²) in [6.45, 7) is 6.99. The van der Waals surface area contributed by atoms with E-state index in [1.165, 1.54) is 16.7 Å². The third-order valence-corrected chi connectivity index (χ3v) is 3.44. The van der Waals surface area contributed by atoms with E-state index < -0.39 is 0 Å². The Kier molecular flexibility index (Phi) is 7.72. The lowest BCUT2D eigenvalue weighted by molar-refractivity contribution is -0.131. The van der Waals surface area contributed by atoms with Gasteiger partial charge in [-0.3, -0.25) is 4.79 Å². The van der Waals surface area contributed by atoms with E-state index >= 15 is 0 Å². The summed E-state index contributed by atoms with van der Waals surface area (Å²) < 4.78 is 0. The standard InChI is InChI=1S/C15H24N2O.ClH/c1-11-6-7-14(12(2)10-11)13(3)17(5)15(18)8-9-16-4;/h6-7,10,13,16H,8-9H2,1-5H3;1H. The molecule has 108 valence electrons. The number of hydrogen-bond donors (Lipinski definition) is 1. The number of nitrogens with one attached hydrogen (secondary N) is 1. The quantitative estimate of drug-likeness (QED) is 0.902. The van der Waals surface area contributed by atoms with Crippen LogP contribution >= 0.6 is 12.4 Å². The lowest BCUT2D eigenvalue weighted by Gasteiger charge is -2.27. The first kappa shape index (κ1) is 17.9. The molecule has 0 aromatic heterocycles. The van der Waals surface area contributed by atoms with Crippen LogP contribution in [-0.2, 0) is 4.79 Å². The number of benzene rings is 1. The fourth-order valence-corrected chi connectivity index (χ4v) is 2.13. The summed E-state index contributed by atoms with van der Waals surface area (Å²) in [5.74, 6) is 0.178. The molecule has 3 nitrogen and oxygen atoms in total. The lowest BCUT2D eigenvalue weighted by Crippen LogP contribution is -2.31. The van der Waals surface area contributed by atoms with Gasteiger partial charge in [0.1, 0.15) is 0 Å². The fraction of sp³-hybridized carbons (Fsp3) is 0.533. The van der Waals surface area contributed by atoms with Crippen molar-refractivity contribution < 1.29 is 4.79 Å². The van der Waals surface area contributed by atoms with E-state index in [4.69, 9.17) is 0 Å². The van der Waals surface area contributed by atoms with E-state index in [1.54, 1.807) is 0 Å². The first-order chi connectivity index (χ1) is 8.47. The number of aryl methyl sites for hydroxylation is 2. The molecule has 0 aliphatic rings. The molecular weight excluding hydrogens is 260 g/mol. The summed E-state index contributed by atoms with van der Waals surface area (Å²) in [6, 6.07) is 6.51. The Morgan fingerprint density at radius 2 is 2.00 bits per heavy atom. The average molecular weight is 285 g/mol. The van der Waals surface area contributed by atoms with E-state index in [9.17, 15) is 4.79 Å². The average Bonchev–Trinajstić information content (AvgIpc) is 2.34. The van der Waals surface area contributed by atoms with Gasteiger partial charge in [-0.25, -0.2) is 0 Å². The summed E-state index contributed by atoms with van der Waals surface area (Å²) >= 11 is 0. The molecule has 0 fully saturated rings. The summed E-state index contributed by atoms with van der Waals surface area (Å²) in [7, 11) is 3.74. The molecule has 0 aliphatic carbocycles. The number of carbonyl (C=O) groups is 1. The minimum Gasteiger partial charge on any atom is -0.339 e. The van der Waals surface area contributed by atoms with Crippen molar-refractivity contribution in [1.29, 1.82) is 0 Å². The van der Waals surface area contributed by atoms with Crippen LogP contribution in [0.4, 0.5) is 0 Å². The third-order valence-electron chi connectivity index (χ3n) is 3.44. The molecular formula is C15H25ClN2O. The molecule has 1 aromatic rings. The number of nitrogens with zero attached hydrogens (tertiary/aromatic N) is 1. The van der Waals surface area contributed by atoms with Crippen LogP contribution in [0.5, 0.6) is 0 Å². The number of halogens is 1. The summed E-state index contributed by atoms with van der Waals surface area (Å²) in [4.78, 5) is 13.8. The topological polar surface area (TPSA) is 32.3 Å². The van der Waals surface area contributed by atoms with Gasteiger partial charge in [0.25, 0.3) is 0 Å². The van der Waals surface area contributed by atoms with Crippen molar-refractivity contribution in [3.05, 3.63) is 34.9 Å². The van der Waals surface area contributed by atoms with Crippen LogP contribution in [0.1, 0.15) is 36.1 Å². The van der Waals surface area contributed by atoms with E-state index in [0.717, 1.165) is 6.54 Å². The Balaban J connectivity index is 0.00000324. The predicted octanol–water partition coefficient (Wildman–Crippen LogP) is 2.85. The highest BCUT2D eigenvalue weighted by Crippen LogP contribution is 2.23. The van der Waals surface area contributed by atoms with Gasteiger partial charge in [0, 0.05) is 20.0 Å². The Labute approximate surface area is 122 Å². The smallest absolute Gasteiger partial charge is 0.224 e. The molecule has 1 N–H and O–H groups in total. The zero-order valence-corrected chi connectivity index (χ0v) is 13.3. The van der Waals surface area contributed by atoms with Crippen molar-refractivity contribution >= 4 is 18.3 Å². The van der Waals surface area contributed by atoms with E-state index in [1.807, 2.05) is 19.0 Å². The second-order valence-electron chi connectivity index (χ2n) is 4.89. The highest BCUT2D eigenvalue weighted by Gasteiger charge is 2.18. The van der Waals surface area contributed by atoms with E-state index in [-0.39, 0.29) is 24.4 Å². The SMILES string of the molecule is CNCCC(=O)N(C)C(C)c1ccc(C)cc1C.Cl. The van der Waals surface area contributed by atoms with Gasteiger partial charge in [-0.05, 0) is 38.9 Å². The van der Waals surface area contributed by atoms with Gasteiger partial charge in [-0.15, -0.1) is 12.4 Å². The van der Waals surface area contributed by atoms with Gasteiger partial charge in [0.05, 0.1) is 6.04 Å². The highest BCUT2D eigenvalue weighted by molar-refractivity contribution is 5.85. The molecule has 1 amide bonds. The first-order valence-corrected chi connectivity index (χ1v) is 6.44. The van der Waals surface area contributed by atoms with Gasteiger partial charge in [-0.1, -0.05) is 23.8 Å². The molecule has 1 unspecified atom stereocenters. The predicted molar refractivity (Wildman–Crippen MR) is 82.9 cm³/mol. The van der Waals surface area contributed by atoms with Gasteiger partial charge in [0.2, 0.25) is 5.91 Å². The maximum atomic E-state index is 12.0. The monoisotopic (exact) mass is 284 g/mol. The zero-order valence-electron chi connectivity index (χ0n) is 12.5. The van der Waals surface area contributed by atoms with Gasteiger partial charge < -0.3 is 10.2 Å². The number of carbonyl (C=O) groups excluding carboxylic acids is 1. The van der Waals surface area contributed by atoms with Crippen molar-refractivity contribution in [2.75, 3.05) is 20.6 Å². The Hall–Kier alpha value is -1.06. The molecule has 19 heavy (non-hydrogen) atoms. The second-order valence-corrected chi connectivity index (χ2v) is 4.89. The van der Waals surface area contributed by atoms with Crippen LogP contribution in [0.25, 0.3) is 0 Å². The zero-order chi connectivity index (χ0) is 13.7. The fourth-order valence-electron chi connectivity index (χ4n) is 2.13. The van der Waals surface area contributed by atoms with Crippen LogP contribution < -0.4 is 5.32 Å². The van der Waals surface area contributed by atoms with E-state index in [2.05, 4.69) is 44.3 Å². The Morgan fingerprint density at radius 1 is 1.37 bits per heavy atom. The molecule has 4 heteroatoms. The highest BCUT2D eigenvalue weighted by atomic mass is 35.5. The molecule has 0 radical (unpaired) electrons. The largest absolute Gasteiger partial charge is 0.339 e. The third kappa shape index (κ3) is 4.84. The molecule has 0 heterocycles. The maximum absolute atomic E-state index is 12.0. The molecule has 0 saturated carbocycles. The maximum Gasteiger partial charge on any atom is 0.224 e. The van der Waals surface area contributed by atoms with Crippen LogP contribution in [0, 0.1) is 13.8 Å². The molecule has 0 aliphatic heterocycles. The Morgan fingerprint density at radius 3 is 2.53 bits per heavy atom. The normalized spacial score (nSPS) is 11.6. The van der Waals surface area contributed by atoms with Gasteiger partial charge in [0.15, 0.2) is 0 Å². The number of rotatable bonds is 5. The molecule has 1 atom stereocenters. The first-order valence-electron chi connectivity index (χ1n) is 6.44. The molecule has 0 saturated heterocycles. The second kappa shape index (κ2) is 8.18. The number of amides is 1. The Bertz CT molecular complexity index is 421. The van der Waals surface area contributed by atoms with Crippen molar-refractivity contribution in [3.8, 4) is 0 Å². The van der Waals surface area contributed by atoms with Crippen molar-refractivity contribution in [1.82, 2.24) is 10.2 Å². The molecule has 1 aromatic carbocycles. The lowest BCUT2D eigenvalue weighted by atomic mass is 9.99. The van der Waals surface area contributed by atoms with Gasteiger partial charge >= 0.3 is 0 Å². The van der Waals surface area contributed by atoms with Crippen LogP contribution in [0.3, 0.4) is 0 Å². The van der Waals surface area contributed by atoms with Crippen molar-refractivity contribution in [2.45, 2.75) is 33.2 Å². The van der Waals surface area contributed by atoms with Gasteiger partial charge in [-0.2, -0.15) is 0 Å². The summed E-state index contributed by atoms with van der Waals surface area (Å²) in [6.07, 6.45) is 0.544. The number of hydrogen-bond acceptors (Lipinski definition) is 2. The summed E-state index contributed by atoms with van der Waals surface area (Å²) in [5, 5.41) is 3.00. The minimum atomic E-state index is 0. The molecule has 1 rings (SSSR count). The van der Waals surface area contributed by atoms with E-state index in [0.29, 0.717) is 6.42 Å². The van der Waals surface area contributed by atoms with Crippen molar-refractivity contribution in [2.24, 2.45) is 0 Å². The summed E-state index contributed by atoms with van der Waals surface area (Å²) in [5.41, 5.74) is 3.73. The molecule has 0 bridgehead atoms.